The molecular formula is C16H13BrN2O. The Morgan fingerprint density at radius 2 is 2.15 bits per heavy atom. The summed E-state index contributed by atoms with van der Waals surface area (Å²) in [6.07, 6.45) is 0.855. The van der Waals surface area contributed by atoms with E-state index in [4.69, 9.17) is 9.72 Å². The molecule has 2 aromatic carbocycles. The molecule has 0 bridgehead atoms. The van der Waals surface area contributed by atoms with E-state index < -0.39 is 0 Å². The number of aromatic nitrogens is 2. The predicted octanol–water partition coefficient (Wildman–Crippen LogP) is 4.31. The summed E-state index contributed by atoms with van der Waals surface area (Å²) in [5, 5.41) is 0. The predicted molar refractivity (Wildman–Crippen MR) is 82.0 cm³/mol. The Balaban J connectivity index is 1.76. The summed E-state index contributed by atoms with van der Waals surface area (Å²) in [7, 11) is 0. The average molecular weight is 329 g/mol. The molecule has 0 radical (unpaired) electrons. The summed E-state index contributed by atoms with van der Waals surface area (Å²) < 4.78 is 7.05. The first-order chi connectivity index (χ1) is 9.70. The fourth-order valence-electron chi connectivity index (χ4n) is 2.75. The number of H-pyrrole nitrogens is 1. The van der Waals surface area contributed by atoms with Crippen LogP contribution in [-0.2, 0) is 6.42 Å². The molecule has 100 valence electrons. The van der Waals surface area contributed by atoms with Gasteiger partial charge in [0.25, 0.3) is 0 Å². The molecular weight excluding hydrogens is 316 g/mol. The highest BCUT2D eigenvalue weighted by Crippen LogP contribution is 2.36. The first-order valence-electron chi connectivity index (χ1n) is 6.61. The van der Waals surface area contributed by atoms with Crippen molar-refractivity contribution in [3.8, 4) is 5.75 Å². The zero-order chi connectivity index (χ0) is 13.7. The maximum Gasteiger partial charge on any atom is 0.160 e. The van der Waals surface area contributed by atoms with E-state index in [2.05, 4.69) is 46.0 Å². The smallest absolute Gasteiger partial charge is 0.160 e. The lowest BCUT2D eigenvalue weighted by Gasteiger charge is -2.06. The fraction of sp³-hybridized carbons (Fsp3) is 0.188. The lowest BCUT2D eigenvalue weighted by atomic mass is 10.1. The van der Waals surface area contributed by atoms with Crippen LogP contribution in [0.1, 0.15) is 23.1 Å². The van der Waals surface area contributed by atoms with E-state index >= 15 is 0 Å². The minimum absolute atomic E-state index is 0.0158. The van der Waals surface area contributed by atoms with Gasteiger partial charge in [-0.25, -0.2) is 4.98 Å². The van der Waals surface area contributed by atoms with Crippen LogP contribution in [0.4, 0.5) is 0 Å². The number of imidazole rings is 1. The molecule has 0 saturated heterocycles. The highest BCUT2D eigenvalue weighted by molar-refractivity contribution is 9.10. The van der Waals surface area contributed by atoms with E-state index in [1.165, 1.54) is 5.56 Å². The van der Waals surface area contributed by atoms with Crippen LogP contribution in [-0.4, -0.2) is 9.97 Å². The molecule has 3 nitrogen and oxygen atoms in total. The standard InChI is InChI=1S/C16H13BrN2O/c1-9-6-11(17)8-12-15(9)19-16(18-12)14-7-10-4-2-3-5-13(10)20-14/h2-6,8,14H,7H2,1H3,(H,18,19). The van der Waals surface area contributed by atoms with Crippen molar-refractivity contribution in [1.29, 1.82) is 0 Å². The lowest BCUT2D eigenvalue weighted by molar-refractivity contribution is 0.229. The van der Waals surface area contributed by atoms with Gasteiger partial charge in [0.15, 0.2) is 6.10 Å². The highest BCUT2D eigenvalue weighted by Gasteiger charge is 2.26. The van der Waals surface area contributed by atoms with Crippen LogP contribution in [0.3, 0.4) is 0 Å². The third-order valence-corrected chi connectivity index (χ3v) is 4.17. The Morgan fingerprint density at radius 3 is 3.00 bits per heavy atom. The number of nitrogens with zero attached hydrogens (tertiary/aromatic N) is 1. The normalized spacial score (nSPS) is 17.2. The molecule has 0 amide bonds. The minimum atomic E-state index is -0.0158. The average Bonchev–Trinajstić information content (AvgIpc) is 3.01. The van der Waals surface area contributed by atoms with Gasteiger partial charge in [-0.15, -0.1) is 0 Å². The van der Waals surface area contributed by atoms with Crippen LogP contribution in [0.15, 0.2) is 40.9 Å². The number of fused-ring (bicyclic) bond motifs is 2. The number of hydrogen-bond acceptors (Lipinski definition) is 2. The topological polar surface area (TPSA) is 37.9 Å². The maximum absolute atomic E-state index is 5.99. The third kappa shape index (κ3) is 1.83. The zero-order valence-electron chi connectivity index (χ0n) is 11.0. The van der Waals surface area contributed by atoms with Gasteiger partial charge in [0.1, 0.15) is 11.6 Å². The molecule has 4 heteroatoms. The number of ether oxygens (including phenoxy) is 1. The van der Waals surface area contributed by atoms with E-state index in [9.17, 15) is 0 Å². The second-order valence-electron chi connectivity index (χ2n) is 5.16. The van der Waals surface area contributed by atoms with Crippen molar-refractivity contribution in [2.24, 2.45) is 0 Å². The molecule has 1 aliphatic heterocycles. The van der Waals surface area contributed by atoms with Crippen LogP contribution in [0.25, 0.3) is 11.0 Å². The van der Waals surface area contributed by atoms with Gasteiger partial charge >= 0.3 is 0 Å². The number of aromatic amines is 1. The number of aryl methyl sites for hydroxylation is 1. The molecule has 0 aliphatic carbocycles. The van der Waals surface area contributed by atoms with Gasteiger partial charge in [-0.05, 0) is 36.2 Å². The van der Waals surface area contributed by atoms with Crippen molar-refractivity contribution in [2.45, 2.75) is 19.4 Å². The summed E-state index contributed by atoms with van der Waals surface area (Å²) >= 11 is 3.52. The maximum atomic E-state index is 5.99. The monoisotopic (exact) mass is 328 g/mol. The Hall–Kier alpha value is -1.81. The molecule has 20 heavy (non-hydrogen) atoms. The van der Waals surface area contributed by atoms with Gasteiger partial charge < -0.3 is 9.72 Å². The summed E-state index contributed by atoms with van der Waals surface area (Å²) in [4.78, 5) is 8.10. The van der Waals surface area contributed by atoms with E-state index in [0.717, 1.165) is 39.1 Å². The molecule has 3 aromatic rings. The van der Waals surface area contributed by atoms with Crippen LogP contribution in [0.5, 0.6) is 5.75 Å². The second-order valence-corrected chi connectivity index (χ2v) is 6.07. The molecule has 1 aliphatic rings. The van der Waals surface area contributed by atoms with Crippen molar-refractivity contribution < 1.29 is 4.74 Å². The summed E-state index contributed by atoms with van der Waals surface area (Å²) in [6, 6.07) is 12.3. The van der Waals surface area contributed by atoms with Gasteiger partial charge in [0.05, 0.1) is 11.0 Å². The Morgan fingerprint density at radius 1 is 1.30 bits per heavy atom. The SMILES string of the molecule is Cc1cc(Br)cc2[nH]c(C3Cc4ccccc4O3)nc12. The van der Waals surface area contributed by atoms with Gasteiger partial charge in [-0.3, -0.25) is 0 Å². The minimum Gasteiger partial charge on any atom is -0.482 e. The largest absolute Gasteiger partial charge is 0.482 e. The number of rotatable bonds is 1. The number of hydrogen-bond donors (Lipinski definition) is 1. The van der Waals surface area contributed by atoms with Crippen molar-refractivity contribution >= 4 is 27.0 Å². The second kappa shape index (κ2) is 4.35. The summed E-state index contributed by atoms with van der Waals surface area (Å²) in [6.45, 7) is 2.07. The van der Waals surface area contributed by atoms with Gasteiger partial charge in [0, 0.05) is 10.9 Å². The van der Waals surface area contributed by atoms with Crippen LogP contribution < -0.4 is 4.74 Å². The van der Waals surface area contributed by atoms with Gasteiger partial charge in [-0.2, -0.15) is 0 Å². The van der Waals surface area contributed by atoms with E-state index in [0.29, 0.717) is 0 Å². The van der Waals surface area contributed by atoms with Gasteiger partial charge in [-0.1, -0.05) is 34.1 Å². The van der Waals surface area contributed by atoms with Gasteiger partial charge in [0.2, 0.25) is 0 Å². The molecule has 1 unspecified atom stereocenters. The molecule has 0 spiro atoms. The Bertz CT molecular complexity index is 784. The van der Waals surface area contributed by atoms with Crippen molar-refractivity contribution in [3.05, 3.63) is 57.8 Å². The summed E-state index contributed by atoms with van der Waals surface area (Å²) in [5.41, 5.74) is 4.47. The van der Waals surface area contributed by atoms with Crippen molar-refractivity contribution in [2.75, 3.05) is 0 Å². The van der Waals surface area contributed by atoms with E-state index in [1.807, 2.05) is 18.2 Å². The van der Waals surface area contributed by atoms with Crippen LogP contribution >= 0.6 is 15.9 Å². The van der Waals surface area contributed by atoms with E-state index in [1.54, 1.807) is 0 Å². The molecule has 4 rings (SSSR count). The van der Waals surface area contributed by atoms with Crippen LogP contribution in [0.2, 0.25) is 0 Å². The number of nitrogens with one attached hydrogen (secondary N) is 1. The fourth-order valence-corrected chi connectivity index (χ4v) is 3.32. The highest BCUT2D eigenvalue weighted by atomic mass is 79.9. The molecule has 1 N–H and O–H groups in total. The molecule has 0 fully saturated rings. The summed E-state index contributed by atoms with van der Waals surface area (Å²) in [5.74, 6) is 1.87. The number of para-hydroxylation sites is 1. The third-order valence-electron chi connectivity index (χ3n) is 3.71. The quantitative estimate of drug-likeness (QED) is 0.722. The first-order valence-corrected chi connectivity index (χ1v) is 7.40. The lowest BCUT2D eigenvalue weighted by Crippen LogP contribution is -2.05. The first kappa shape index (κ1) is 12.0. The zero-order valence-corrected chi connectivity index (χ0v) is 12.6. The van der Waals surface area contributed by atoms with E-state index in [-0.39, 0.29) is 6.10 Å². The van der Waals surface area contributed by atoms with Crippen molar-refractivity contribution in [3.63, 3.8) is 0 Å². The Kier molecular flexibility index (Phi) is 2.60. The number of benzene rings is 2. The Labute approximate surface area is 125 Å². The van der Waals surface area contributed by atoms with Crippen molar-refractivity contribution in [1.82, 2.24) is 9.97 Å². The molecule has 1 aromatic heterocycles. The molecule has 1 atom stereocenters. The molecule has 2 heterocycles. The number of halogens is 1. The van der Waals surface area contributed by atoms with Crippen LogP contribution in [0, 0.1) is 6.92 Å². The molecule has 0 saturated carbocycles.